The summed E-state index contributed by atoms with van der Waals surface area (Å²) in [6.45, 7) is 0. The van der Waals surface area contributed by atoms with Gasteiger partial charge in [0.25, 0.3) is 11.8 Å². The summed E-state index contributed by atoms with van der Waals surface area (Å²) in [5.74, 6) is -1.30. The number of hydrazine groups is 1. The van der Waals surface area contributed by atoms with Gasteiger partial charge in [-0.3, -0.25) is 24.7 Å². The maximum absolute atomic E-state index is 12.4. The highest BCUT2D eigenvalue weighted by molar-refractivity contribution is 7.80. The summed E-state index contributed by atoms with van der Waals surface area (Å²) in [6, 6.07) is 3.49. The summed E-state index contributed by atoms with van der Waals surface area (Å²) >= 11 is 17.0. The van der Waals surface area contributed by atoms with Crippen LogP contribution in [0.2, 0.25) is 10.0 Å². The van der Waals surface area contributed by atoms with E-state index in [0.29, 0.717) is 5.02 Å². The molecule has 3 amide bonds. The molecule has 2 N–H and O–H groups in total. The predicted octanol–water partition coefficient (Wildman–Crippen LogP) is 1.20. The summed E-state index contributed by atoms with van der Waals surface area (Å²) in [5.41, 5.74) is 2.70. The van der Waals surface area contributed by atoms with Crippen molar-refractivity contribution in [2.45, 2.75) is 12.5 Å². The number of nitrogens with zero attached hydrogens (tertiary/aromatic N) is 2. The minimum Gasteiger partial charge on any atom is -0.359 e. The average Bonchev–Trinajstić information content (AvgIpc) is 2.72. The van der Waals surface area contributed by atoms with Crippen LogP contribution in [-0.4, -0.2) is 52.9 Å². The number of nitrogens with one attached hydrogen (secondary N) is 2. The zero-order chi connectivity index (χ0) is 18.0. The first-order valence-corrected chi connectivity index (χ1v) is 8.00. The number of halogens is 2. The highest BCUT2D eigenvalue weighted by Crippen LogP contribution is 2.22. The SMILES string of the molecule is CNC(=O)CC1C(=O)N(C)C(=S)N1NC(=O)c1ccc(Cl)cc1Cl. The minimum atomic E-state index is -0.919. The number of hydrogen-bond acceptors (Lipinski definition) is 4. The van der Waals surface area contributed by atoms with Crippen LogP contribution in [-0.2, 0) is 9.59 Å². The number of carbonyl (C=O) groups is 3. The molecule has 1 aromatic rings. The van der Waals surface area contributed by atoms with Gasteiger partial charge in [0.2, 0.25) is 5.91 Å². The Morgan fingerprint density at radius 3 is 2.58 bits per heavy atom. The van der Waals surface area contributed by atoms with E-state index in [1.807, 2.05) is 0 Å². The van der Waals surface area contributed by atoms with Gasteiger partial charge in [0.15, 0.2) is 5.11 Å². The first-order chi connectivity index (χ1) is 11.3. The molecule has 1 unspecified atom stereocenters. The Balaban J connectivity index is 2.24. The van der Waals surface area contributed by atoms with Gasteiger partial charge in [0.05, 0.1) is 17.0 Å². The molecule has 1 aromatic carbocycles. The van der Waals surface area contributed by atoms with Crippen LogP contribution in [0, 0.1) is 0 Å². The molecule has 0 aliphatic carbocycles. The normalized spacial score (nSPS) is 17.2. The van der Waals surface area contributed by atoms with Crippen molar-refractivity contribution in [3.63, 3.8) is 0 Å². The molecule has 1 aliphatic heterocycles. The molecule has 1 aliphatic rings. The van der Waals surface area contributed by atoms with E-state index >= 15 is 0 Å². The molecular weight excluding hydrogens is 375 g/mol. The molecule has 128 valence electrons. The molecule has 24 heavy (non-hydrogen) atoms. The molecule has 0 radical (unpaired) electrons. The van der Waals surface area contributed by atoms with Crippen molar-refractivity contribution in [2.24, 2.45) is 0 Å². The van der Waals surface area contributed by atoms with Crippen LogP contribution in [0.3, 0.4) is 0 Å². The lowest BCUT2D eigenvalue weighted by atomic mass is 10.2. The van der Waals surface area contributed by atoms with Crippen molar-refractivity contribution in [1.29, 1.82) is 0 Å². The Kier molecular flexibility index (Phi) is 5.63. The molecule has 0 bridgehead atoms. The third-order valence-corrected chi connectivity index (χ3v) is 4.49. The number of hydrogen-bond donors (Lipinski definition) is 2. The van der Waals surface area contributed by atoms with E-state index < -0.39 is 11.9 Å². The van der Waals surface area contributed by atoms with E-state index in [1.54, 1.807) is 0 Å². The Bertz CT molecular complexity index is 728. The van der Waals surface area contributed by atoms with Gasteiger partial charge >= 0.3 is 0 Å². The average molecular weight is 389 g/mol. The first-order valence-electron chi connectivity index (χ1n) is 6.83. The lowest BCUT2D eigenvalue weighted by molar-refractivity contribution is -0.131. The fourth-order valence-electron chi connectivity index (χ4n) is 2.15. The number of benzene rings is 1. The second-order valence-corrected chi connectivity index (χ2v) is 6.22. The minimum absolute atomic E-state index is 0.0901. The molecule has 0 saturated carbocycles. The number of likely N-dealkylation sites (N-methyl/N-ethyl adjacent to an activating group) is 1. The Morgan fingerprint density at radius 1 is 1.33 bits per heavy atom. The van der Waals surface area contributed by atoms with Crippen LogP contribution in [0.4, 0.5) is 0 Å². The molecule has 2 rings (SSSR count). The monoisotopic (exact) mass is 388 g/mol. The van der Waals surface area contributed by atoms with Gasteiger partial charge in [0.1, 0.15) is 6.04 Å². The van der Waals surface area contributed by atoms with Crippen molar-refractivity contribution in [1.82, 2.24) is 20.7 Å². The zero-order valence-electron chi connectivity index (χ0n) is 12.8. The van der Waals surface area contributed by atoms with Gasteiger partial charge in [-0.1, -0.05) is 23.2 Å². The standard InChI is InChI=1S/C14H14Cl2N4O3S/c1-17-11(21)6-10-13(23)19(2)14(24)20(10)18-12(22)8-4-3-7(15)5-9(8)16/h3-5,10H,6H2,1-2H3,(H,17,21)(H,18,22). The summed E-state index contributed by atoms with van der Waals surface area (Å²) in [6.07, 6.45) is -0.144. The highest BCUT2D eigenvalue weighted by Gasteiger charge is 2.42. The fourth-order valence-corrected chi connectivity index (χ4v) is 2.91. The molecule has 7 nitrogen and oxygen atoms in total. The van der Waals surface area contributed by atoms with E-state index in [-0.39, 0.29) is 33.9 Å². The smallest absolute Gasteiger partial charge is 0.271 e. The predicted molar refractivity (Wildman–Crippen MR) is 93.6 cm³/mol. The fraction of sp³-hybridized carbons (Fsp3) is 0.286. The van der Waals surface area contributed by atoms with E-state index in [0.717, 1.165) is 0 Å². The largest absolute Gasteiger partial charge is 0.359 e. The van der Waals surface area contributed by atoms with Crippen molar-refractivity contribution in [3.05, 3.63) is 33.8 Å². The summed E-state index contributed by atoms with van der Waals surface area (Å²) in [4.78, 5) is 37.5. The van der Waals surface area contributed by atoms with Crippen LogP contribution in [0.5, 0.6) is 0 Å². The maximum Gasteiger partial charge on any atom is 0.271 e. The van der Waals surface area contributed by atoms with Gasteiger partial charge < -0.3 is 5.32 Å². The van der Waals surface area contributed by atoms with E-state index in [9.17, 15) is 14.4 Å². The molecule has 10 heteroatoms. The second kappa shape index (κ2) is 7.33. The van der Waals surface area contributed by atoms with E-state index in [2.05, 4.69) is 10.7 Å². The van der Waals surface area contributed by atoms with Gasteiger partial charge in [-0.25, -0.2) is 5.01 Å². The summed E-state index contributed by atoms with van der Waals surface area (Å²) in [5, 5.41) is 4.27. The lowest BCUT2D eigenvalue weighted by Crippen LogP contribution is -2.50. The molecule has 1 saturated heterocycles. The van der Waals surface area contributed by atoms with Gasteiger partial charge in [0, 0.05) is 19.1 Å². The van der Waals surface area contributed by atoms with E-state index in [4.69, 9.17) is 35.4 Å². The second-order valence-electron chi connectivity index (χ2n) is 5.01. The van der Waals surface area contributed by atoms with Crippen molar-refractivity contribution < 1.29 is 14.4 Å². The van der Waals surface area contributed by atoms with Gasteiger partial charge in [-0.2, -0.15) is 0 Å². The molecule has 1 atom stereocenters. The first kappa shape index (κ1) is 18.4. The van der Waals surface area contributed by atoms with Crippen LogP contribution in [0.1, 0.15) is 16.8 Å². The van der Waals surface area contributed by atoms with Crippen molar-refractivity contribution >= 4 is 58.3 Å². The maximum atomic E-state index is 12.4. The summed E-state index contributed by atoms with van der Waals surface area (Å²) in [7, 11) is 2.93. The Labute approximate surface area is 153 Å². The zero-order valence-corrected chi connectivity index (χ0v) is 15.1. The van der Waals surface area contributed by atoms with Crippen molar-refractivity contribution in [3.8, 4) is 0 Å². The third-order valence-electron chi connectivity index (χ3n) is 3.48. The Hall–Kier alpha value is -1.90. The van der Waals surface area contributed by atoms with Crippen LogP contribution in [0.25, 0.3) is 0 Å². The van der Waals surface area contributed by atoms with Crippen molar-refractivity contribution in [2.75, 3.05) is 14.1 Å². The number of thiocarbonyl (C=S) groups is 1. The highest BCUT2D eigenvalue weighted by atomic mass is 35.5. The quantitative estimate of drug-likeness (QED) is 0.757. The molecule has 0 spiro atoms. The number of amides is 3. The molecular formula is C14H14Cl2N4O3S. The van der Waals surface area contributed by atoms with Gasteiger partial charge in [-0.15, -0.1) is 0 Å². The van der Waals surface area contributed by atoms with Crippen LogP contribution >= 0.6 is 35.4 Å². The third kappa shape index (κ3) is 3.61. The molecule has 0 aromatic heterocycles. The number of rotatable bonds is 4. The molecule has 1 fully saturated rings. The van der Waals surface area contributed by atoms with Crippen LogP contribution in [0.15, 0.2) is 18.2 Å². The number of carbonyl (C=O) groups excluding carboxylic acids is 3. The Morgan fingerprint density at radius 2 is 2.00 bits per heavy atom. The summed E-state index contributed by atoms with van der Waals surface area (Å²) < 4.78 is 0. The van der Waals surface area contributed by atoms with Gasteiger partial charge in [-0.05, 0) is 30.4 Å². The topological polar surface area (TPSA) is 81.8 Å². The van der Waals surface area contributed by atoms with E-state index in [1.165, 1.54) is 42.2 Å². The van der Waals surface area contributed by atoms with Crippen LogP contribution < -0.4 is 10.7 Å². The molecule has 1 heterocycles. The lowest BCUT2D eigenvalue weighted by Gasteiger charge is -2.24.